The Morgan fingerprint density at radius 2 is 2.42 bits per heavy atom. The SMILES string of the molecule is CC=COC1(C)CCCC(=O)O1. The van der Waals surface area contributed by atoms with Gasteiger partial charge in [0.05, 0.1) is 6.26 Å². The number of hydrogen-bond donors (Lipinski definition) is 0. The van der Waals surface area contributed by atoms with Crippen molar-refractivity contribution in [3.05, 3.63) is 12.3 Å². The van der Waals surface area contributed by atoms with Crippen LogP contribution in [-0.4, -0.2) is 11.8 Å². The summed E-state index contributed by atoms with van der Waals surface area (Å²) >= 11 is 0. The van der Waals surface area contributed by atoms with Crippen LogP contribution in [0.3, 0.4) is 0 Å². The maximum absolute atomic E-state index is 10.9. The maximum atomic E-state index is 10.9. The van der Waals surface area contributed by atoms with Gasteiger partial charge in [-0.2, -0.15) is 0 Å². The van der Waals surface area contributed by atoms with Gasteiger partial charge in [0.25, 0.3) is 5.79 Å². The summed E-state index contributed by atoms with van der Waals surface area (Å²) < 4.78 is 10.3. The van der Waals surface area contributed by atoms with Gasteiger partial charge in [0.2, 0.25) is 0 Å². The highest BCUT2D eigenvalue weighted by molar-refractivity contribution is 5.70. The Morgan fingerprint density at radius 3 is 3.00 bits per heavy atom. The van der Waals surface area contributed by atoms with E-state index in [2.05, 4.69) is 0 Å². The highest BCUT2D eigenvalue weighted by atomic mass is 16.7. The second-order valence-electron chi connectivity index (χ2n) is 3.05. The van der Waals surface area contributed by atoms with Gasteiger partial charge >= 0.3 is 5.97 Å². The lowest BCUT2D eigenvalue weighted by Gasteiger charge is -2.31. The summed E-state index contributed by atoms with van der Waals surface area (Å²) in [5.41, 5.74) is 0. The van der Waals surface area contributed by atoms with Crippen molar-refractivity contribution < 1.29 is 14.3 Å². The van der Waals surface area contributed by atoms with E-state index in [1.807, 2.05) is 6.92 Å². The third kappa shape index (κ3) is 2.26. The number of rotatable bonds is 2. The minimum Gasteiger partial charge on any atom is -0.460 e. The van der Waals surface area contributed by atoms with E-state index in [-0.39, 0.29) is 5.97 Å². The average Bonchev–Trinajstić information content (AvgIpc) is 2.01. The normalized spacial score (nSPS) is 30.3. The van der Waals surface area contributed by atoms with Crippen molar-refractivity contribution in [2.24, 2.45) is 0 Å². The molecule has 0 radical (unpaired) electrons. The fourth-order valence-electron chi connectivity index (χ4n) is 1.19. The van der Waals surface area contributed by atoms with Crippen molar-refractivity contribution in [3.63, 3.8) is 0 Å². The third-order valence-corrected chi connectivity index (χ3v) is 1.79. The van der Waals surface area contributed by atoms with E-state index in [0.717, 1.165) is 12.8 Å². The quantitative estimate of drug-likeness (QED) is 0.469. The summed E-state index contributed by atoms with van der Waals surface area (Å²) in [6.45, 7) is 3.64. The molecule has 3 nitrogen and oxygen atoms in total. The van der Waals surface area contributed by atoms with Crippen LogP contribution < -0.4 is 0 Å². The molecule has 1 saturated heterocycles. The van der Waals surface area contributed by atoms with Crippen molar-refractivity contribution in [2.75, 3.05) is 0 Å². The van der Waals surface area contributed by atoms with Gasteiger partial charge in [-0.05, 0) is 13.3 Å². The molecule has 1 aliphatic rings. The van der Waals surface area contributed by atoms with E-state index in [4.69, 9.17) is 9.47 Å². The average molecular weight is 170 g/mol. The fraction of sp³-hybridized carbons (Fsp3) is 0.667. The topological polar surface area (TPSA) is 35.5 Å². The molecular formula is C9H14O3. The molecule has 0 aliphatic carbocycles. The Morgan fingerprint density at radius 1 is 1.67 bits per heavy atom. The van der Waals surface area contributed by atoms with E-state index in [1.165, 1.54) is 0 Å². The van der Waals surface area contributed by atoms with Crippen LogP contribution in [-0.2, 0) is 14.3 Å². The summed E-state index contributed by atoms with van der Waals surface area (Å²) in [4.78, 5) is 10.9. The molecule has 1 aliphatic heterocycles. The summed E-state index contributed by atoms with van der Waals surface area (Å²) in [6, 6.07) is 0. The lowest BCUT2D eigenvalue weighted by atomic mass is 10.1. The summed E-state index contributed by atoms with van der Waals surface area (Å²) in [7, 11) is 0. The van der Waals surface area contributed by atoms with Gasteiger partial charge in [0.15, 0.2) is 0 Å². The highest BCUT2D eigenvalue weighted by Gasteiger charge is 2.33. The number of ether oxygens (including phenoxy) is 2. The molecule has 1 rings (SSSR count). The second kappa shape index (κ2) is 3.61. The molecular weight excluding hydrogens is 156 g/mol. The Labute approximate surface area is 72.4 Å². The van der Waals surface area contributed by atoms with E-state index >= 15 is 0 Å². The smallest absolute Gasteiger partial charge is 0.309 e. The molecule has 1 unspecified atom stereocenters. The van der Waals surface area contributed by atoms with Crippen molar-refractivity contribution in [3.8, 4) is 0 Å². The van der Waals surface area contributed by atoms with E-state index in [0.29, 0.717) is 6.42 Å². The lowest BCUT2D eigenvalue weighted by Crippen LogP contribution is -2.36. The molecule has 0 N–H and O–H groups in total. The molecule has 1 atom stereocenters. The molecule has 0 aromatic heterocycles. The maximum Gasteiger partial charge on any atom is 0.309 e. The van der Waals surface area contributed by atoms with Crippen LogP contribution in [0, 0.1) is 0 Å². The molecule has 68 valence electrons. The van der Waals surface area contributed by atoms with Crippen LogP contribution in [0.5, 0.6) is 0 Å². The van der Waals surface area contributed by atoms with E-state index in [9.17, 15) is 4.79 Å². The molecule has 1 fully saturated rings. The molecule has 3 heteroatoms. The van der Waals surface area contributed by atoms with Gasteiger partial charge in [0, 0.05) is 19.8 Å². The molecule has 1 heterocycles. The molecule has 0 saturated carbocycles. The van der Waals surface area contributed by atoms with Crippen molar-refractivity contribution in [2.45, 2.75) is 38.9 Å². The first-order chi connectivity index (χ1) is 5.66. The van der Waals surface area contributed by atoms with Gasteiger partial charge in [-0.1, -0.05) is 6.08 Å². The number of hydrogen-bond acceptors (Lipinski definition) is 3. The number of cyclic esters (lactones) is 1. The summed E-state index contributed by atoms with van der Waals surface area (Å²) in [5, 5.41) is 0. The molecule has 0 spiro atoms. The molecule has 0 amide bonds. The largest absolute Gasteiger partial charge is 0.460 e. The Kier molecular flexibility index (Phi) is 2.74. The zero-order valence-corrected chi connectivity index (χ0v) is 7.50. The van der Waals surface area contributed by atoms with Crippen LogP contribution in [0.4, 0.5) is 0 Å². The minimum atomic E-state index is -0.734. The summed E-state index contributed by atoms with van der Waals surface area (Å²) in [5.74, 6) is -0.907. The Balaban J connectivity index is 2.51. The first kappa shape index (κ1) is 9.10. The summed E-state index contributed by atoms with van der Waals surface area (Å²) in [6.07, 6.45) is 5.44. The van der Waals surface area contributed by atoms with Crippen LogP contribution in [0.25, 0.3) is 0 Å². The third-order valence-electron chi connectivity index (χ3n) is 1.79. The Bertz CT molecular complexity index is 198. The zero-order valence-electron chi connectivity index (χ0n) is 7.50. The standard InChI is InChI=1S/C9H14O3/c1-3-7-11-9(2)6-4-5-8(10)12-9/h3,7H,4-6H2,1-2H3. The van der Waals surface area contributed by atoms with Gasteiger partial charge in [-0.3, -0.25) is 4.79 Å². The molecule has 12 heavy (non-hydrogen) atoms. The Hall–Kier alpha value is -0.990. The predicted octanol–water partition coefficient (Wildman–Crippen LogP) is 1.98. The van der Waals surface area contributed by atoms with Crippen molar-refractivity contribution in [1.29, 1.82) is 0 Å². The lowest BCUT2D eigenvalue weighted by molar-refractivity contribution is -0.217. The van der Waals surface area contributed by atoms with Crippen LogP contribution in [0.15, 0.2) is 12.3 Å². The van der Waals surface area contributed by atoms with Crippen LogP contribution in [0.2, 0.25) is 0 Å². The molecule has 0 aromatic carbocycles. The molecule has 0 bridgehead atoms. The van der Waals surface area contributed by atoms with Gasteiger partial charge in [-0.25, -0.2) is 0 Å². The zero-order chi connectivity index (χ0) is 9.03. The second-order valence-corrected chi connectivity index (χ2v) is 3.05. The number of allylic oxidation sites excluding steroid dienone is 1. The van der Waals surface area contributed by atoms with E-state index in [1.54, 1.807) is 19.3 Å². The predicted molar refractivity (Wildman–Crippen MR) is 44.2 cm³/mol. The van der Waals surface area contributed by atoms with Crippen LogP contribution in [0.1, 0.15) is 33.1 Å². The van der Waals surface area contributed by atoms with Gasteiger partial charge in [-0.15, -0.1) is 0 Å². The monoisotopic (exact) mass is 170 g/mol. The van der Waals surface area contributed by atoms with Gasteiger partial charge < -0.3 is 9.47 Å². The highest BCUT2D eigenvalue weighted by Crippen LogP contribution is 2.26. The number of esters is 1. The van der Waals surface area contributed by atoms with Gasteiger partial charge in [0.1, 0.15) is 0 Å². The van der Waals surface area contributed by atoms with E-state index < -0.39 is 5.79 Å². The fourth-order valence-corrected chi connectivity index (χ4v) is 1.19. The first-order valence-corrected chi connectivity index (χ1v) is 4.17. The van der Waals surface area contributed by atoms with Crippen molar-refractivity contribution in [1.82, 2.24) is 0 Å². The molecule has 0 aromatic rings. The number of carbonyl (C=O) groups excluding carboxylic acids is 1. The minimum absolute atomic E-state index is 0.173. The van der Waals surface area contributed by atoms with Crippen molar-refractivity contribution >= 4 is 5.97 Å². The van der Waals surface area contributed by atoms with Crippen LogP contribution >= 0.6 is 0 Å². The first-order valence-electron chi connectivity index (χ1n) is 4.17. The number of carbonyl (C=O) groups is 1.